The largest absolute Gasteiger partial charge is 0.382 e. The Morgan fingerprint density at radius 2 is 2.62 bits per heavy atom. The van der Waals surface area contributed by atoms with Crippen molar-refractivity contribution in [1.82, 2.24) is 4.98 Å². The van der Waals surface area contributed by atoms with Gasteiger partial charge in [0.25, 0.3) is 6.29 Å². The second-order valence-electron chi connectivity index (χ2n) is 2.32. The summed E-state index contributed by atoms with van der Waals surface area (Å²) in [7, 11) is 0. The van der Waals surface area contributed by atoms with E-state index in [9.17, 15) is 9.59 Å². The fourth-order valence-electron chi connectivity index (χ4n) is 0.751. The number of nitrogens with zero attached hydrogens (tertiary/aromatic N) is 2. The number of hydrogen-bond acceptors (Lipinski definition) is 6. The summed E-state index contributed by atoms with van der Waals surface area (Å²) < 4.78 is 0. The second-order valence-corrected chi connectivity index (χ2v) is 3.18. The zero-order chi connectivity index (χ0) is 11.8. The number of nitrogens with one attached hydrogen (secondary N) is 1. The highest BCUT2D eigenvalue weighted by atomic mass is 32.1. The summed E-state index contributed by atoms with van der Waals surface area (Å²) in [5.74, 6) is 2.19. The Bertz CT molecular complexity index is 447. The molecular formula is C9H6N3O3S. The van der Waals surface area contributed by atoms with Crippen LogP contribution in [0, 0.1) is 12.3 Å². The molecule has 0 unspecified atom stereocenters. The average molecular weight is 236 g/mol. The van der Waals surface area contributed by atoms with Gasteiger partial charge < -0.3 is 10.2 Å². The van der Waals surface area contributed by atoms with Crippen LogP contribution in [0.4, 0.5) is 5.13 Å². The zero-order valence-corrected chi connectivity index (χ0v) is 8.78. The predicted octanol–water partition coefficient (Wildman–Crippen LogP) is 0.175. The van der Waals surface area contributed by atoms with E-state index in [4.69, 9.17) is 6.42 Å². The molecule has 0 bridgehead atoms. The Morgan fingerprint density at radius 3 is 3.25 bits per heavy atom. The molecule has 0 spiro atoms. The van der Waals surface area contributed by atoms with Crippen molar-refractivity contribution in [3.63, 3.8) is 0 Å². The molecule has 1 amide bonds. The van der Waals surface area contributed by atoms with Crippen molar-refractivity contribution < 1.29 is 14.4 Å². The summed E-state index contributed by atoms with van der Waals surface area (Å²) in [4.78, 5) is 29.2. The minimum Gasteiger partial charge on any atom is -0.382 e. The third-order valence-corrected chi connectivity index (χ3v) is 2.10. The molecule has 1 N–H and O–H groups in total. The Morgan fingerprint density at radius 1 is 1.81 bits per heavy atom. The monoisotopic (exact) mass is 236 g/mol. The molecule has 1 aromatic rings. The number of thiazole rings is 1. The van der Waals surface area contributed by atoms with E-state index < -0.39 is 0 Å². The van der Waals surface area contributed by atoms with E-state index in [0.717, 1.165) is 11.3 Å². The van der Waals surface area contributed by atoms with Crippen molar-refractivity contribution in [2.75, 3.05) is 11.9 Å². The molecule has 1 aromatic heterocycles. The average Bonchev–Trinajstić information content (AvgIpc) is 2.74. The molecule has 7 heteroatoms. The Kier molecular flexibility index (Phi) is 4.69. The quantitative estimate of drug-likeness (QED) is 0.251. The Labute approximate surface area is 95.3 Å². The Hall–Kier alpha value is -2.20. The number of aromatic nitrogens is 1. The van der Waals surface area contributed by atoms with Crippen LogP contribution in [0.25, 0.3) is 0 Å². The molecule has 1 radical (unpaired) electrons. The molecule has 0 aliphatic heterocycles. The third kappa shape index (κ3) is 3.18. The van der Waals surface area contributed by atoms with Gasteiger partial charge in [-0.2, -0.15) is 0 Å². The molecule has 6 nitrogen and oxygen atoms in total. The highest BCUT2D eigenvalue weighted by molar-refractivity contribution is 7.14. The van der Waals surface area contributed by atoms with Crippen LogP contribution in [0.15, 0.2) is 10.5 Å². The maximum atomic E-state index is 10.6. The van der Waals surface area contributed by atoms with Gasteiger partial charge >= 0.3 is 0 Å². The second kappa shape index (κ2) is 6.31. The summed E-state index contributed by atoms with van der Waals surface area (Å²) in [6.07, 6.45) is 6.99. The van der Waals surface area contributed by atoms with Crippen LogP contribution in [0.5, 0.6) is 0 Å². The van der Waals surface area contributed by atoms with Gasteiger partial charge in [0.1, 0.15) is 5.69 Å². The molecule has 0 saturated heterocycles. The summed E-state index contributed by atoms with van der Waals surface area (Å²) in [6.45, 7) is -0.0469. The standard InChI is InChI=1S/C9H6N3O3S/c1-2-3-15-12-7(4-13)8-5-16-9(11-8)10-6-14/h1,5-6H,3H2,(H,10,11,14). The third-order valence-electron chi connectivity index (χ3n) is 1.33. The van der Waals surface area contributed by atoms with Crippen LogP contribution in [0.1, 0.15) is 5.69 Å². The molecule has 0 atom stereocenters. The number of rotatable bonds is 6. The van der Waals surface area contributed by atoms with E-state index in [0.29, 0.717) is 11.5 Å². The van der Waals surface area contributed by atoms with E-state index >= 15 is 0 Å². The first kappa shape index (κ1) is 11.9. The fraction of sp³-hybridized carbons (Fsp3) is 0.111. The van der Waals surface area contributed by atoms with Crippen LogP contribution in [0.2, 0.25) is 0 Å². The van der Waals surface area contributed by atoms with Gasteiger partial charge in [0.05, 0.1) is 0 Å². The number of carbonyl (C=O) groups excluding carboxylic acids is 2. The lowest BCUT2D eigenvalue weighted by Gasteiger charge is -1.93. The van der Waals surface area contributed by atoms with Gasteiger partial charge in [-0.3, -0.25) is 9.59 Å². The van der Waals surface area contributed by atoms with Gasteiger partial charge in [-0.05, 0) is 0 Å². The molecule has 16 heavy (non-hydrogen) atoms. The van der Waals surface area contributed by atoms with E-state index in [2.05, 4.69) is 26.2 Å². The zero-order valence-electron chi connectivity index (χ0n) is 7.97. The van der Waals surface area contributed by atoms with Crippen LogP contribution in [-0.2, 0) is 14.4 Å². The van der Waals surface area contributed by atoms with E-state index in [1.54, 1.807) is 6.29 Å². The number of oxime groups is 1. The van der Waals surface area contributed by atoms with Crippen molar-refractivity contribution in [3.8, 4) is 12.3 Å². The molecule has 0 aromatic carbocycles. The minimum absolute atomic E-state index is 0.0469. The Balaban J connectivity index is 2.78. The van der Waals surface area contributed by atoms with Crippen LogP contribution in [-0.4, -0.2) is 30.0 Å². The SMILES string of the molecule is C#CCON=C([C]=O)c1csc(NC=O)n1. The lowest BCUT2D eigenvalue weighted by Crippen LogP contribution is -2.04. The molecule has 81 valence electrons. The van der Waals surface area contributed by atoms with Crippen molar-refractivity contribution >= 4 is 34.9 Å². The molecular weight excluding hydrogens is 230 g/mol. The molecule has 1 rings (SSSR count). The van der Waals surface area contributed by atoms with Crippen LogP contribution >= 0.6 is 11.3 Å². The lowest BCUT2D eigenvalue weighted by molar-refractivity contribution is -0.105. The lowest BCUT2D eigenvalue weighted by atomic mass is 10.3. The first-order valence-electron chi connectivity index (χ1n) is 3.99. The van der Waals surface area contributed by atoms with Gasteiger partial charge in [-0.25, -0.2) is 4.98 Å². The molecule has 0 aliphatic rings. The fourth-order valence-corrected chi connectivity index (χ4v) is 1.41. The number of hydrogen-bond donors (Lipinski definition) is 1. The smallest absolute Gasteiger partial charge is 0.259 e. The van der Waals surface area contributed by atoms with Crippen LogP contribution in [0.3, 0.4) is 0 Å². The minimum atomic E-state index is -0.106. The van der Waals surface area contributed by atoms with E-state index in [1.165, 1.54) is 5.38 Å². The summed E-state index contributed by atoms with van der Waals surface area (Å²) in [5, 5.41) is 7.69. The normalized spacial score (nSPS) is 10.3. The maximum Gasteiger partial charge on any atom is 0.259 e. The van der Waals surface area contributed by atoms with Gasteiger partial charge in [0, 0.05) is 5.38 Å². The summed E-state index contributed by atoms with van der Waals surface area (Å²) >= 11 is 1.15. The van der Waals surface area contributed by atoms with Gasteiger partial charge in [0.2, 0.25) is 6.41 Å². The van der Waals surface area contributed by atoms with Gasteiger partial charge in [-0.1, -0.05) is 11.1 Å². The molecule has 0 saturated carbocycles. The van der Waals surface area contributed by atoms with E-state index in [-0.39, 0.29) is 18.0 Å². The number of anilines is 1. The highest BCUT2D eigenvalue weighted by Gasteiger charge is 2.09. The van der Waals surface area contributed by atoms with Crippen molar-refractivity contribution in [2.45, 2.75) is 0 Å². The topological polar surface area (TPSA) is 80.6 Å². The van der Waals surface area contributed by atoms with Crippen molar-refractivity contribution in [1.29, 1.82) is 0 Å². The predicted molar refractivity (Wildman–Crippen MR) is 58.8 cm³/mol. The number of terminal acetylenes is 1. The highest BCUT2D eigenvalue weighted by Crippen LogP contribution is 2.14. The summed E-state index contributed by atoms with van der Waals surface area (Å²) in [5.41, 5.74) is 0.159. The first-order valence-corrected chi connectivity index (χ1v) is 4.87. The maximum absolute atomic E-state index is 10.6. The summed E-state index contributed by atoms with van der Waals surface area (Å²) in [6, 6.07) is 0. The van der Waals surface area contributed by atoms with E-state index in [1.807, 2.05) is 0 Å². The van der Waals surface area contributed by atoms with Gasteiger partial charge in [0.15, 0.2) is 17.5 Å². The number of carbonyl (C=O) groups is 1. The van der Waals surface area contributed by atoms with Gasteiger partial charge in [-0.15, -0.1) is 17.8 Å². The first-order chi connectivity index (χ1) is 7.81. The molecule has 1 heterocycles. The van der Waals surface area contributed by atoms with Crippen molar-refractivity contribution in [3.05, 3.63) is 11.1 Å². The molecule has 0 aliphatic carbocycles. The van der Waals surface area contributed by atoms with Crippen LogP contribution < -0.4 is 5.32 Å². The molecule has 0 fully saturated rings. The number of amides is 1. The van der Waals surface area contributed by atoms with Crippen molar-refractivity contribution in [2.24, 2.45) is 5.16 Å².